The average Bonchev–Trinajstić information content (AvgIpc) is 2.74. The molecule has 1 fully saturated rings. The first-order chi connectivity index (χ1) is 13.7. The Bertz CT molecular complexity index is 980. The number of hydrogen-bond donors (Lipinski definition) is 0. The summed E-state index contributed by atoms with van der Waals surface area (Å²) in [7, 11) is 1.72. The van der Waals surface area contributed by atoms with Crippen LogP contribution in [0.25, 0.3) is 10.8 Å². The first kappa shape index (κ1) is 18.3. The summed E-state index contributed by atoms with van der Waals surface area (Å²) in [6.07, 6.45) is 0. The van der Waals surface area contributed by atoms with Crippen molar-refractivity contribution >= 4 is 22.1 Å². The smallest absolute Gasteiger partial charge is 0.269 e. The summed E-state index contributed by atoms with van der Waals surface area (Å²) in [5, 5.41) is 13.3. The van der Waals surface area contributed by atoms with E-state index in [1.54, 1.807) is 19.2 Å². The van der Waals surface area contributed by atoms with Crippen LogP contribution in [-0.4, -0.2) is 43.1 Å². The first-order valence-electron chi connectivity index (χ1n) is 9.42. The van der Waals surface area contributed by atoms with Crippen LogP contribution in [0.4, 0.5) is 11.4 Å². The maximum absolute atomic E-state index is 10.8. The minimum Gasteiger partial charge on any atom is -0.496 e. The number of rotatable bonds is 5. The van der Waals surface area contributed by atoms with Crippen molar-refractivity contribution in [3.05, 3.63) is 76.3 Å². The second kappa shape index (κ2) is 7.86. The molecule has 0 radical (unpaired) electrons. The number of fused-ring (bicyclic) bond motifs is 1. The van der Waals surface area contributed by atoms with Gasteiger partial charge in [0.25, 0.3) is 5.69 Å². The molecule has 1 aliphatic heterocycles. The van der Waals surface area contributed by atoms with E-state index in [0.29, 0.717) is 0 Å². The maximum Gasteiger partial charge on any atom is 0.269 e. The number of hydrogen-bond acceptors (Lipinski definition) is 5. The highest BCUT2D eigenvalue weighted by molar-refractivity contribution is 5.87. The van der Waals surface area contributed by atoms with E-state index in [0.717, 1.165) is 44.2 Å². The van der Waals surface area contributed by atoms with Gasteiger partial charge in [-0.15, -0.1) is 0 Å². The van der Waals surface area contributed by atoms with Gasteiger partial charge in [-0.1, -0.05) is 30.3 Å². The fourth-order valence-corrected chi connectivity index (χ4v) is 3.84. The van der Waals surface area contributed by atoms with Crippen molar-refractivity contribution in [2.75, 3.05) is 38.2 Å². The molecular formula is C22H23N3O3. The van der Waals surface area contributed by atoms with Crippen molar-refractivity contribution in [2.24, 2.45) is 0 Å². The monoisotopic (exact) mass is 377 g/mol. The number of nitro groups is 1. The third-order valence-corrected chi connectivity index (χ3v) is 5.40. The van der Waals surface area contributed by atoms with E-state index in [1.165, 1.54) is 16.3 Å². The zero-order chi connectivity index (χ0) is 19.5. The summed E-state index contributed by atoms with van der Waals surface area (Å²) in [5.41, 5.74) is 2.39. The third-order valence-electron chi connectivity index (χ3n) is 5.40. The number of anilines is 1. The van der Waals surface area contributed by atoms with E-state index >= 15 is 0 Å². The lowest BCUT2D eigenvalue weighted by Crippen LogP contribution is -2.46. The lowest BCUT2D eigenvalue weighted by Gasteiger charge is -2.36. The molecule has 1 saturated heterocycles. The minimum absolute atomic E-state index is 0.130. The number of ether oxygens (including phenoxy) is 1. The van der Waals surface area contributed by atoms with Crippen LogP contribution in [0.1, 0.15) is 5.56 Å². The lowest BCUT2D eigenvalue weighted by atomic mass is 10.0. The van der Waals surface area contributed by atoms with Crippen LogP contribution < -0.4 is 9.64 Å². The van der Waals surface area contributed by atoms with Crippen molar-refractivity contribution in [3.8, 4) is 5.75 Å². The molecule has 4 rings (SSSR count). The predicted octanol–water partition coefficient (Wildman–Crippen LogP) is 4.08. The number of methoxy groups -OCH3 is 1. The predicted molar refractivity (Wildman–Crippen MR) is 111 cm³/mol. The van der Waals surface area contributed by atoms with Crippen LogP contribution >= 0.6 is 0 Å². The number of nitrogens with zero attached hydrogens (tertiary/aromatic N) is 3. The van der Waals surface area contributed by atoms with Gasteiger partial charge in [0.1, 0.15) is 5.75 Å². The second-order valence-electron chi connectivity index (χ2n) is 7.00. The van der Waals surface area contributed by atoms with Gasteiger partial charge in [0.2, 0.25) is 0 Å². The summed E-state index contributed by atoms with van der Waals surface area (Å²) in [6, 6.07) is 19.4. The molecule has 3 aromatic rings. The third kappa shape index (κ3) is 3.64. The molecule has 0 aliphatic carbocycles. The Labute approximate surface area is 164 Å². The summed E-state index contributed by atoms with van der Waals surface area (Å²) < 4.78 is 5.62. The number of piperazine rings is 1. The van der Waals surface area contributed by atoms with E-state index in [9.17, 15) is 10.1 Å². The SMILES string of the molecule is COc1ccc2ccccc2c1CN1CCN(c2ccc([N+](=O)[O-])cc2)CC1. The van der Waals surface area contributed by atoms with Gasteiger partial charge in [-0.3, -0.25) is 15.0 Å². The fourth-order valence-electron chi connectivity index (χ4n) is 3.84. The molecule has 144 valence electrons. The molecule has 0 aromatic heterocycles. The minimum atomic E-state index is -0.362. The summed E-state index contributed by atoms with van der Waals surface area (Å²) in [4.78, 5) is 15.2. The number of benzene rings is 3. The van der Waals surface area contributed by atoms with Gasteiger partial charge >= 0.3 is 0 Å². The quantitative estimate of drug-likeness (QED) is 0.495. The zero-order valence-corrected chi connectivity index (χ0v) is 15.9. The standard InChI is InChI=1S/C22H23N3O3/c1-28-22-11-6-17-4-2-3-5-20(17)21(22)16-23-12-14-24(15-13-23)18-7-9-19(10-8-18)25(26)27/h2-11H,12-16H2,1H3. The van der Waals surface area contributed by atoms with Crippen molar-refractivity contribution in [1.29, 1.82) is 0 Å². The van der Waals surface area contributed by atoms with Crippen molar-refractivity contribution in [1.82, 2.24) is 4.90 Å². The molecular weight excluding hydrogens is 354 g/mol. The molecule has 0 spiro atoms. The molecule has 6 heteroatoms. The van der Waals surface area contributed by atoms with E-state index in [2.05, 4.69) is 40.1 Å². The molecule has 0 N–H and O–H groups in total. The zero-order valence-electron chi connectivity index (χ0n) is 15.9. The highest BCUT2D eigenvalue weighted by Gasteiger charge is 2.20. The number of nitro benzene ring substituents is 1. The van der Waals surface area contributed by atoms with Crippen LogP contribution in [-0.2, 0) is 6.54 Å². The number of non-ortho nitro benzene ring substituents is 1. The summed E-state index contributed by atoms with van der Waals surface area (Å²) >= 11 is 0. The van der Waals surface area contributed by atoms with Crippen molar-refractivity contribution < 1.29 is 9.66 Å². The van der Waals surface area contributed by atoms with E-state index in [-0.39, 0.29) is 10.6 Å². The largest absolute Gasteiger partial charge is 0.496 e. The average molecular weight is 377 g/mol. The highest BCUT2D eigenvalue weighted by Crippen LogP contribution is 2.30. The van der Waals surface area contributed by atoms with Crippen LogP contribution in [0.15, 0.2) is 60.7 Å². The molecule has 1 aliphatic rings. The van der Waals surface area contributed by atoms with Crippen LogP contribution in [0.5, 0.6) is 5.75 Å². The van der Waals surface area contributed by atoms with Crippen LogP contribution in [0.3, 0.4) is 0 Å². The molecule has 0 unspecified atom stereocenters. The van der Waals surface area contributed by atoms with E-state index in [4.69, 9.17) is 4.74 Å². The Kier molecular flexibility index (Phi) is 5.12. The van der Waals surface area contributed by atoms with E-state index in [1.807, 2.05) is 18.2 Å². The molecule has 1 heterocycles. The Hall–Kier alpha value is -3.12. The fraction of sp³-hybridized carbons (Fsp3) is 0.273. The Morgan fingerprint density at radius 1 is 0.964 bits per heavy atom. The van der Waals surface area contributed by atoms with Crippen LogP contribution in [0.2, 0.25) is 0 Å². The Balaban J connectivity index is 1.46. The van der Waals surface area contributed by atoms with Gasteiger partial charge in [-0.05, 0) is 29.0 Å². The highest BCUT2D eigenvalue weighted by atomic mass is 16.6. The lowest BCUT2D eigenvalue weighted by molar-refractivity contribution is -0.384. The molecule has 6 nitrogen and oxygen atoms in total. The van der Waals surface area contributed by atoms with Crippen molar-refractivity contribution in [2.45, 2.75) is 6.54 Å². The summed E-state index contributed by atoms with van der Waals surface area (Å²) in [5.74, 6) is 0.927. The molecule has 0 atom stereocenters. The van der Waals surface area contributed by atoms with Gasteiger partial charge in [-0.25, -0.2) is 0 Å². The van der Waals surface area contributed by atoms with Gasteiger partial charge in [0, 0.05) is 56.1 Å². The molecule has 3 aromatic carbocycles. The van der Waals surface area contributed by atoms with Crippen LogP contribution in [0, 0.1) is 10.1 Å². The molecule has 0 saturated carbocycles. The molecule has 28 heavy (non-hydrogen) atoms. The summed E-state index contributed by atoms with van der Waals surface area (Å²) in [6.45, 7) is 4.50. The first-order valence-corrected chi connectivity index (χ1v) is 9.42. The topological polar surface area (TPSA) is 58.8 Å². The Morgan fingerprint density at radius 3 is 2.36 bits per heavy atom. The second-order valence-corrected chi connectivity index (χ2v) is 7.00. The van der Waals surface area contributed by atoms with E-state index < -0.39 is 0 Å². The maximum atomic E-state index is 10.8. The Morgan fingerprint density at radius 2 is 1.68 bits per heavy atom. The van der Waals surface area contributed by atoms with Crippen molar-refractivity contribution in [3.63, 3.8) is 0 Å². The molecule has 0 amide bonds. The van der Waals surface area contributed by atoms with Gasteiger partial charge < -0.3 is 9.64 Å². The van der Waals surface area contributed by atoms with Gasteiger partial charge in [0.15, 0.2) is 0 Å². The molecule has 0 bridgehead atoms. The van der Waals surface area contributed by atoms with Gasteiger partial charge in [0.05, 0.1) is 12.0 Å². The van der Waals surface area contributed by atoms with Gasteiger partial charge in [-0.2, -0.15) is 0 Å². The normalized spacial score (nSPS) is 15.0.